The van der Waals surface area contributed by atoms with E-state index in [1.54, 1.807) is 11.0 Å². The van der Waals surface area contributed by atoms with Crippen molar-refractivity contribution < 1.29 is 18.7 Å². The lowest BCUT2D eigenvalue weighted by molar-refractivity contribution is -0.125. The average molecular weight is 279 g/mol. The zero-order valence-corrected chi connectivity index (χ0v) is 11.3. The molecule has 1 aliphatic carbocycles. The van der Waals surface area contributed by atoms with E-state index in [1.165, 1.54) is 25.0 Å². The van der Waals surface area contributed by atoms with E-state index in [2.05, 4.69) is 0 Å². The third-order valence-corrected chi connectivity index (χ3v) is 3.83. The molecule has 1 heterocycles. The van der Waals surface area contributed by atoms with Gasteiger partial charge < -0.3 is 14.4 Å². The summed E-state index contributed by atoms with van der Waals surface area (Å²) in [4.78, 5) is 13.9. The van der Waals surface area contributed by atoms with E-state index in [4.69, 9.17) is 9.47 Å². The van der Waals surface area contributed by atoms with Gasteiger partial charge in [-0.3, -0.25) is 4.79 Å². The minimum Gasteiger partial charge on any atom is -0.489 e. The molecule has 0 bridgehead atoms. The zero-order chi connectivity index (χ0) is 13.9. The zero-order valence-electron chi connectivity index (χ0n) is 11.3. The molecule has 0 spiro atoms. The number of ether oxygens (including phenoxy) is 2. The van der Waals surface area contributed by atoms with Crippen molar-refractivity contribution in [3.05, 3.63) is 24.0 Å². The molecule has 2 aliphatic rings. The topological polar surface area (TPSA) is 38.8 Å². The highest BCUT2D eigenvalue weighted by atomic mass is 19.1. The van der Waals surface area contributed by atoms with Gasteiger partial charge in [0.15, 0.2) is 0 Å². The average Bonchev–Trinajstić information content (AvgIpc) is 2.97. The van der Waals surface area contributed by atoms with Crippen LogP contribution in [0, 0.1) is 5.82 Å². The summed E-state index contributed by atoms with van der Waals surface area (Å²) < 4.78 is 24.2. The third-order valence-electron chi connectivity index (χ3n) is 3.83. The molecule has 1 fully saturated rings. The van der Waals surface area contributed by atoms with E-state index in [-0.39, 0.29) is 24.4 Å². The highest BCUT2D eigenvalue weighted by Gasteiger charge is 2.25. The second-order valence-corrected chi connectivity index (χ2v) is 5.22. The normalized spacial score (nSPS) is 18.8. The molecule has 4 nitrogen and oxygen atoms in total. The number of carbonyl (C=O) groups excluding carboxylic acids is 1. The predicted molar refractivity (Wildman–Crippen MR) is 72.5 cm³/mol. The molecule has 0 unspecified atom stereocenters. The van der Waals surface area contributed by atoms with Gasteiger partial charge >= 0.3 is 0 Å². The molecule has 0 radical (unpaired) electrons. The maximum atomic E-state index is 13.2. The van der Waals surface area contributed by atoms with Gasteiger partial charge in [0, 0.05) is 6.07 Å². The van der Waals surface area contributed by atoms with Crippen molar-refractivity contribution in [3.63, 3.8) is 0 Å². The van der Waals surface area contributed by atoms with E-state index in [0.717, 1.165) is 12.8 Å². The Bertz CT molecular complexity index is 500. The van der Waals surface area contributed by atoms with Gasteiger partial charge in [-0.2, -0.15) is 0 Å². The summed E-state index contributed by atoms with van der Waals surface area (Å²) in [5.74, 6) is -0.0289. The number of nitrogens with zero attached hydrogens (tertiary/aromatic N) is 1. The van der Waals surface area contributed by atoms with Crippen LogP contribution in [0.1, 0.15) is 25.7 Å². The summed E-state index contributed by atoms with van der Waals surface area (Å²) in [6.45, 7) is 0.943. The Morgan fingerprint density at radius 2 is 2.20 bits per heavy atom. The Hall–Kier alpha value is -1.62. The standard InChI is InChI=1S/C15H18FNO3/c16-11-5-6-13-14(9-11)19-8-7-17(13)15(18)10-20-12-3-1-2-4-12/h5-6,9,12H,1-4,7-8,10H2. The Kier molecular flexibility index (Phi) is 3.87. The molecule has 1 aliphatic heterocycles. The molecular formula is C15H18FNO3. The van der Waals surface area contributed by atoms with Crippen LogP contribution in [0.25, 0.3) is 0 Å². The maximum Gasteiger partial charge on any atom is 0.253 e. The van der Waals surface area contributed by atoms with Crippen molar-refractivity contribution in [1.29, 1.82) is 0 Å². The number of hydrogen-bond donors (Lipinski definition) is 0. The lowest BCUT2D eigenvalue weighted by Crippen LogP contribution is -2.40. The Morgan fingerprint density at radius 1 is 1.40 bits per heavy atom. The van der Waals surface area contributed by atoms with Crippen LogP contribution in [0.5, 0.6) is 5.75 Å². The number of rotatable bonds is 3. The third kappa shape index (κ3) is 2.77. The van der Waals surface area contributed by atoms with E-state index in [0.29, 0.717) is 24.6 Å². The molecule has 20 heavy (non-hydrogen) atoms. The summed E-state index contributed by atoms with van der Waals surface area (Å²) in [6, 6.07) is 4.23. The van der Waals surface area contributed by atoms with Crippen LogP contribution in [-0.2, 0) is 9.53 Å². The maximum absolute atomic E-state index is 13.2. The van der Waals surface area contributed by atoms with Crippen LogP contribution in [-0.4, -0.2) is 31.8 Å². The molecule has 1 amide bonds. The van der Waals surface area contributed by atoms with Crippen LogP contribution >= 0.6 is 0 Å². The first-order valence-corrected chi connectivity index (χ1v) is 7.08. The van der Waals surface area contributed by atoms with Gasteiger partial charge in [0.1, 0.15) is 24.8 Å². The molecule has 0 atom stereocenters. The number of amides is 1. The first-order chi connectivity index (χ1) is 9.74. The summed E-state index contributed by atoms with van der Waals surface area (Å²) in [5.41, 5.74) is 0.623. The molecule has 0 aromatic heterocycles. The number of hydrogen-bond acceptors (Lipinski definition) is 3. The van der Waals surface area contributed by atoms with Crippen LogP contribution < -0.4 is 9.64 Å². The molecule has 1 aromatic rings. The van der Waals surface area contributed by atoms with Crippen molar-refractivity contribution in [3.8, 4) is 5.75 Å². The number of halogens is 1. The lowest BCUT2D eigenvalue weighted by Gasteiger charge is -2.29. The smallest absolute Gasteiger partial charge is 0.253 e. The first-order valence-electron chi connectivity index (χ1n) is 7.08. The molecule has 108 valence electrons. The minimum absolute atomic E-state index is 0.0848. The van der Waals surface area contributed by atoms with Crippen LogP contribution in [0.2, 0.25) is 0 Å². The molecule has 0 saturated heterocycles. The number of fused-ring (bicyclic) bond motifs is 1. The lowest BCUT2D eigenvalue weighted by atomic mass is 10.2. The van der Waals surface area contributed by atoms with Crippen molar-refractivity contribution in [2.24, 2.45) is 0 Å². The van der Waals surface area contributed by atoms with Crippen LogP contribution in [0.15, 0.2) is 18.2 Å². The summed E-state index contributed by atoms with van der Waals surface area (Å²) in [5, 5.41) is 0. The second-order valence-electron chi connectivity index (χ2n) is 5.22. The quantitative estimate of drug-likeness (QED) is 0.853. The van der Waals surface area contributed by atoms with Gasteiger partial charge in [0.25, 0.3) is 5.91 Å². The van der Waals surface area contributed by atoms with Crippen molar-refractivity contribution in [1.82, 2.24) is 0 Å². The number of benzene rings is 1. The summed E-state index contributed by atoms with van der Waals surface area (Å²) in [6.07, 6.45) is 4.65. The van der Waals surface area contributed by atoms with E-state index < -0.39 is 0 Å². The fourth-order valence-electron chi connectivity index (χ4n) is 2.78. The summed E-state index contributed by atoms with van der Waals surface area (Å²) in [7, 11) is 0. The number of carbonyl (C=O) groups is 1. The highest BCUT2D eigenvalue weighted by molar-refractivity contribution is 5.96. The Morgan fingerprint density at radius 3 is 3.00 bits per heavy atom. The molecule has 0 N–H and O–H groups in total. The molecule has 1 aromatic carbocycles. The van der Waals surface area contributed by atoms with Gasteiger partial charge in [0.05, 0.1) is 18.3 Å². The fourth-order valence-corrected chi connectivity index (χ4v) is 2.78. The van der Waals surface area contributed by atoms with Gasteiger partial charge in [-0.05, 0) is 25.0 Å². The molecule has 3 rings (SSSR count). The van der Waals surface area contributed by atoms with Gasteiger partial charge in [-0.15, -0.1) is 0 Å². The van der Waals surface area contributed by atoms with Crippen LogP contribution in [0.3, 0.4) is 0 Å². The molecule has 5 heteroatoms. The second kappa shape index (κ2) is 5.79. The van der Waals surface area contributed by atoms with Crippen molar-refractivity contribution in [2.75, 3.05) is 24.7 Å². The first kappa shape index (κ1) is 13.4. The van der Waals surface area contributed by atoms with Gasteiger partial charge in [0.2, 0.25) is 0 Å². The van der Waals surface area contributed by atoms with Crippen molar-refractivity contribution >= 4 is 11.6 Å². The Balaban J connectivity index is 1.66. The van der Waals surface area contributed by atoms with Crippen molar-refractivity contribution in [2.45, 2.75) is 31.8 Å². The largest absolute Gasteiger partial charge is 0.489 e. The number of anilines is 1. The molecule has 1 saturated carbocycles. The fraction of sp³-hybridized carbons (Fsp3) is 0.533. The van der Waals surface area contributed by atoms with E-state index in [1.807, 2.05) is 0 Å². The summed E-state index contributed by atoms with van der Waals surface area (Å²) >= 11 is 0. The van der Waals surface area contributed by atoms with Gasteiger partial charge in [-0.1, -0.05) is 12.8 Å². The minimum atomic E-state index is -0.361. The van der Waals surface area contributed by atoms with Gasteiger partial charge in [-0.25, -0.2) is 4.39 Å². The van der Waals surface area contributed by atoms with E-state index in [9.17, 15) is 9.18 Å². The molecular weight excluding hydrogens is 261 g/mol. The Labute approximate surface area is 117 Å². The van der Waals surface area contributed by atoms with Crippen LogP contribution in [0.4, 0.5) is 10.1 Å². The highest BCUT2D eigenvalue weighted by Crippen LogP contribution is 2.32. The SMILES string of the molecule is O=C(COC1CCCC1)N1CCOc2cc(F)ccc21. The predicted octanol–water partition coefficient (Wildman–Crippen LogP) is 2.51. The van der Waals surface area contributed by atoms with E-state index >= 15 is 0 Å². The monoisotopic (exact) mass is 279 g/mol.